The molecule has 0 radical (unpaired) electrons. The van der Waals surface area contributed by atoms with E-state index in [1.54, 1.807) is 12.1 Å². The monoisotopic (exact) mass is 408 g/mol. The Labute approximate surface area is 164 Å². The molecule has 1 fully saturated rings. The number of rotatable bonds is 7. The third-order valence-corrected chi connectivity index (χ3v) is 6.75. The number of carbonyl (C=O) groups excluding carboxylic acids is 3. The first-order valence-corrected chi connectivity index (χ1v) is 10.9. The van der Waals surface area contributed by atoms with E-state index in [1.807, 2.05) is 6.07 Å². The highest BCUT2D eigenvalue weighted by Gasteiger charge is 2.39. The summed E-state index contributed by atoms with van der Waals surface area (Å²) in [5.74, 6) is -0.949. The number of benzene rings is 1. The van der Waals surface area contributed by atoms with Crippen LogP contribution in [0.4, 0.5) is 0 Å². The van der Waals surface area contributed by atoms with Gasteiger partial charge in [0, 0.05) is 18.5 Å². The lowest BCUT2D eigenvalue weighted by Gasteiger charge is -2.29. The van der Waals surface area contributed by atoms with Gasteiger partial charge in [0.2, 0.25) is 11.8 Å². The maximum atomic E-state index is 12.8. The van der Waals surface area contributed by atoms with Crippen LogP contribution < -0.4 is 5.32 Å². The van der Waals surface area contributed by atoms with Gasteiger partial charge in [0.05, 0.1) is 5.25 Å². The molecule has 3 amide bonds. The Morgan fingerprint density at radius 2 is 2.00 bits per heavy atom. The average Bonchev–Trinajstić information content (AvgIpc) is 2.95. The number of imide groups is 1. The van der Waals surface area contributed by atoms with Gasteiger partial charge in [0.1, 0.15) is 6.04 Å². The molecule has 2 aliphatic rings. The molecule has 2 N–H and O–H groups in total. The van der Waals surface area contributed by atoms with Crippen molar-refractivity contribution in [1.82, 2.24) is 10.2 Å². The number of fused-ring (bicyclic) bond motifs is 1. The number of nitrogens with zero attached hydrogens (tertiary/aromatic N) is 1. The second kappa shape index (κ2) is 8.00. The summed E-state index contributed by atoms with van der Waals surface area (Å²) in [5.41, 5.74) is 2.47. The lowest BCUT2D eigenvalue weighted by Crippen LogP contribution is -2.52. The largest absolute Gasteiger partial charge is 0.322 e. The highest BCUT2D eigenvalue weighted by atomic mass is 32.2. The number of carbonyl (C=O) groups is 3. The topological polar surface area (TPSA) is 121 Å². The summed E-state index contributed by atoms with van der Waals surface area (Å²) in [6.07, 6.45) is 2.95. The number of unbranched alkanes of at least 4 members (excludes halogenated alkanes) is 1. The Morgan fingerprint density at radius 3 is 2.68 bits per heavy atom. The quantitative estimate of drug-likeness (QED) is 0.400. The molecule has 9 heteroatoms. The van der Waals surface area contributed by atoms with Gasteiger partial charge in [-0.1, -0.05) is 18.6 Å². The van der Waals surface area contributed by atoms with Crippen molar-refractivity contribution >= 4 is 27.8 Å². The fourth-order valence-corrected chi connectivity index (χ4v) is 4.24. The van der Waals surface area contributed by atoms with E-state index in [4.69, 9.17) is 4.55 Å². The van der Waals surface area contributed by atoms with E-state index in [2.05, 4.69) is 5.32 Å². The van der Waals surface area contributed by atoms with Crippen LogP contribution in [0, 0.1) is 0 Å². The minimum Gasteiger partial charge on any atom is -0.322 e. The van der Waals surface area contributed by atoms with Crippen molar-refractivity contribution in [2.75, 3.05) is 0 Å². The number of amides is 3. The first kappa shape index (κ1) is 20.5. The van der Waals surface area contributed by atoms with E-state index in [0.717, 1.165) is 17.5 Å². The highest BCUT2D eigenvalue weighted by molar-refractivity contribution is 7.86. The smallest absolute Gasteiger partial charge is 0.267 e. The Kier molecular flexibility index (Phi) is 5.85. The summed E-state index contributed by atoms with van der Waals surface area (Å²) in [6, 6.07) is 4.85. The molecule has 8 nitrogen and oxygen atoms in total. The molecule has 2 aliphatic heterocycles. The minimum absolute atomic E-state index is 0.202. The zero-order valence-corrected chi connectivity index (χ0v) is 16.5. The summed E-state index contributed by atoms with van der Waals surface area (Å²) in [6.45, 7) is 1.81. The zero-order valence-electron chi connectivity index (χ0n) is 15.7. The standard InChI is InChI=1S/C19H24N2O6S/c1-12(28(25,26)27)5-2-3-6-13-7-4-8-14-15(13)11-21(19(14)24)16-9-10-17(22)20-18(16)23/h4,7-8,12,16H,2-3,5-6,9-11H2,1H3,(H,20,22,23)(H,25,26,27). The van der Waals surface area contributed by atoms with E-state index in [1.165, 1.54) is 11.8 Å². The van der Waals surface area contributed by atoms with Gasteiger partial charge in [-0.25, -0.2) is 0 Å². The molecular formula is C19H24N2O6S. The molecule has 1 aromatic carbocycles. The van der Waals surface area contributed by atoms with Gasteiger partial charge in [0.25, 0.3) is 16.0 Å². The molecule has 3 rings (SSSR count). The highest BCUT2D eigenvalue weighted by Crippen LogP contribution is 2.30. The summed E-state index contributed by atoms with van der Waals surface area (Å²) in [4.78, 5) is 37.8. The second-order valence-corrected chi connectivity index (χ2v) is 9.25. The van der Waals surface area contributed by atoms with Gasteiger partial charge < -0.3 is 4.90 Å². The number of aryl methyl sites for hydroxylation is 1. The van der Waals surface area contributed by atoms with E-state index in [0.29, 0.717) is 37.8 Å². The van der Waals surface area contributed by atoms with Crippen molar-refractivity contribution in [2.45, 2.75) is 63.3 Å². The van der Waals surface area contributed by atoms with Crippen LogP contribution in [0.15, 0.2) is 18.2 Å². The molecule has 0 aliphatic carbocycles. The van der Waals surface area contributed by atoms with Gasteiger partial charge in [-0.2, -0.15) is 8.42 Å². The van der Waals surface area contributed by atoms with Gasteiger partial charge in [0.15, 0.2) is 0 Å². The molecule has 28 heavy (non-hydrogen) atoms. The lowest BCUT2D eigenvalue weighted by molar-refractivity contribution is -0.136. The summed E-state index contributed by atoms with van der Waals surface area (Å²) in [5, 5.41) is 1.50. The average molecular weight is 408 g/mol. The Morgan fingerprint density at radius 1 is 1.25 bits per heavy atom. The summed E-state index contributed by atoms with van der Waals surface area (Å²) in [7, 11) is -4.01. The molecule has 1 aromatic rings. The second-order valence-electron chi connectivity index (χ2n) is 7.41. The first-order valence-electron chi connectivity index (χ1n) is 9.40. The van der Waals surface area contributed by atoms with Crippen LogP contribution in [0.25, 0.3) is 0 Å². The maximum Gasteiger partial charge on any atom is 0.267 e. The predicted molar refractivity (Wildman–Crippen MR) is 101 cm³/mol. The van der Waals surface area contributed by atoms with Crippen LogP contribution in [0.5, 0.6) is 0 Å². The van der Waals surface area contributed by atoms with Crippen LogP contribution in [0.3, 0.4) is 0 Å². The summed E-state index contributed by atoms with van der Waals surface area (Å²) >= 11 is 0. The maximum absolute atomic E-state index is 12.8. The number of hydrogen-bond donors (Lipinski definition) is 2. The van der Waals surface area contributed by atoms with Crippen LogP contribution in [0.1, 0.15) is 60.5 Å². The van der Waals surface area contributed by atoms with E-state index < -0.39 is 27.3 Å². The third-order valence-electron chi connectivity index (χ3n) is 5.49. The zero-order chi connectivity index (χ0) is 20.5. The van der Waals surface area contributed by atoms with Crippen molar-refractivity contribution < 1.29 is 27.4 Å². The van der Waals surface area contributed by atoms with Crippen molar-refractivity contribution in [3.8, 4) is 0 Å². The van der Waals surface area contributed by atoms with Crippen LogP contribution in [-0.2, 0) is 32.7 Å². The fraction of sp³-hybridized carbons (Fsp3) is 0.526. The van der Waals surface area contributed by atoms with Crippen molar-refractivity contribution in [3.63, 3.8) is 0 Å². The molecule has 2 unspecified atom stereocenters. The summed E-state index contributed by atoms with van der Waals surface area (Å²) < 4.78 is 31.2. The fourth-order valence-electron chi connectivity index (χ4n) is 3.78. The SMILES string of the molecule is CC(CCCCc1cccc2c1CN(C1CCC(=O)NC1=O)C2=O)S(=O)(=O)O. The number of hydrogen-bond acceptors (Lipinski definition) is 5. The van der Waals surface area contributed by atoms with E-state index in [-0.39, 0.29) is 18.2 Å². The normalized spacial score (nSPS) is 20.9. The van der Waals surface area contributed by atoms with Crippen molar-refractivity contribution in [1.29, 1.82) is 0 Å². The molecule has 2 atom stereocenters. The van der Waals surface area contributed by atoms with Gasteiger partial charge in [-0.3, -0.25) is 24.3 Å². The molecular weight excluding hydrogens is 384 g/mol. The molecule has 0 spiro atoms. The number of nitrogens with one attached hydrogen (secondary N) is 1. The molecule has 152 valence electrons. The Bertz CT molecular complexity index is 911. The van der Waals surface area contributed by atoms with Crippen LogP contribution in [-0.4, -0.2) is 46.9 Å². The first-order chi connectivity index (χ1) is 13.2. The van der Waals surface area contributed by atoms with E-state index >= 15 is 0 Å². The molecule has 0 bridgehead atoms. The lowest BCUT2D eigenvalue weighted by atomic mass is 9.98. The van der Waals surface area contributed by atoms with Gasteiger partial charge in [-0.05, 0) is 49.8 Å². The van der Waals surface area contributed by atoms with Gasteiger partial charge >= 0.3 is 0 Å². The molecule has 1 saturated heterocycles. The Balaban J connectivity index is 1.65. The van der Waals surface area contributed by atoms with Crippen LogP contribution in [0.2, 0.25) is 0 Å². The van der Waals surface area contributed by atoms with Gasteiger partial charge in [-0.15, -0.1) is 0 Å². The van der Waals surface area contributed by atoms with Crippen molar-refractivity contribution in [3.05, 3.63) is 34.9 Å². The van der Waals surface area contributed by atoms with Crippen LogP contribution >= 0.6 is 0 Å². The van der Waals surface area contributed by atoms with E-state index in [9.17, 15) is 22.8 Å². The molecule has 2 heterocycles. The number of piperidine rings is 1. The third kappa shape index (κ3) is 4.25. The minimum atomic E-state index is -4.01. The Hall–Kier alpha value is -2.26. The van der Waals surface area contributed by atoms with Crippen molar-refractivity contribution in [2.24, 2.45) is 0 Å². The predicted octanol–water partition coefficient (Wildman–Crippen LogP) is 1.44. The molecule has 0 saturated carbocycles. The molecule has 0 aromatic heterocycles.